The number of pyridine rings is 1. The minimum absolute atomic E-state index is 0.0270. The van der Waals surface area contributed by atoms with Crippen molar-refractivity contribution in [2.75, 3.05) is 63.9 Å². The number of likely N-dealkylation sites (N-methyl/N-ethyl adjacent to an activating group) is 2. The number of aliphatic hydroxyl groups is 3. The molecule has 7 aromatic rings. The van der Waals surface area contributed by atoms with E-state index in [0.29, 0.717) is 129 Å². The summed E-state index contributed by atoms with van der Waals surface area (Å²) in [7, 11) is 5.04. The largest absolute Gasteiger partial charge is 0.512 e. The second-order valence-corrected chi connectivity index (χ2v) is 20.0. The molecule has 0 aliphatic carbocycles. The van der Waals surface area contributed by atoms with Gasteiger partial charge in [0.25, 0.3) is 0 Å². The average Bonchev–Trinajstić information content (AvgIpc) is 4.42. The van der Waals surface area contributed by atoms with E-state index in [9.17, 15) is 20.7 Å². The molecule has 7 heterocycles. The number of methoxy groups -OCH3 is 1. The third-order valence-electron chi connectivity index (χ3n) is 13.6. The molecule has 0 amide bonds. The lowest BCUT2D eigenvalue weighted by Crippen LogP contribution is -2.29. The predicted molar refractivity (Wildman–Crippen MR) is 301 cm³/mol. The maximum Gasteiger partial charge on any atom is 0.320 e. The lowest BCUT2D eigenvalue weighted by Gasteiger charge is -2.23. The minimum Gasteiger partial charge on any atom is -0.512 e. The average molecular weight is 1120 g/mol. The minimum atomic E-state index is -0.748. The van der Waals surface area contributed by atoms with Crippen LogP contribution in [0.2, 0.25) is 10.0 Å². The normalized spacial score (nSPS) is 14.0. The molecule has 5 aromatic heterocycles. The molecule has 0 radical (unpaired) electrons. The number of hydrogen-bond donors (Lipinski definition) is 6. The highest BCUT2D eigenvalue weighted by molar-refractivity contribution is 6.33. The van der Waals surface area contributed by atoms with Crippen molar-refractivity contribution in [2.45, 2.75) is 85.8 Å². The fourth-order valence-electron chi connectivity index (χ4n) is 9.61. The van der Waals surface area contributed by atoms with E-state index in [0.717, 1.165) is 27.9 Å². The van der Waals surface area contributed by atoms with Gasteiger partial charge in [0.05, 0.1) is 88.6 Å². The number of aryl methyl sites for hydroxylation is 2. The van der Waals surface area contributed by atoms with E-state index in [1.165, 1.54) is 7.11 Å². The van der Waals surface area contributed by atoms with Gasteiger partial charge in [0, 0.05) is 66.6 Å². The number of nitrogens with one attached hydrogen (secondary N) is 3. The Morgan fingerprint density at radius 2 is 1.39 bits per heavy atom. The standard InChI is InChI=1S/C56H63Cl2N13O8/c1-9-46(74)48(50-30(3)53(70-23-33-11-10-17-62-44(33)25-70)66-52(65-50)39-20-37(13-15-42(39)58)78-28-35(73)22-61-7)43(59)16-18-76-56-63-45-26-71(24-40(45)55(68-56)75-8)54-29(2)49(47-31(4)69-79-32(47)5)64-51(67-54)38-19-36(12-14-41(38)57)77-27-34(72)21-60-6/h10-15,17,19-20,34-35,59-61,72-74H,9,16,18,21-28H2,1-8H3/b48-46+,59-43?/t34-,35-/m1/s1. The molecular weight excluding hydrogens is 1050 g/mol. The first-order valence-corrected chi connectivity index (χ1v) is 26.6. The molecule has 0 unspecified atom stereocenters. The summed E-state index contributed by atoms with van der Waals surface area (Å²) in [6.45, 7) is 11.7. The van der Waals surface area contributed by atoms with E-state index in [-0.39, 0.29) is 61.5 Å². The molecule has 79 heavy (non-hydrogen) atoms. The number of anilines is 2. The molecular formula is C56H63Cl2N13O8. The van der Waals surface area contributed by atoms with Crippen molar-refractivity contribution in [3.8, 4) is 57.4 Å². The molecule has 0 fully saturated rings. The Kier molecular flexibility index (Phi) is 17.5. The summed E-state index contributed by atoms with van der Waals surface area (Å²) < 4.78 is 29.6. The fraction of sp³-hybridized carbons (Fsp3) is 0.375. The van der Waals surface area contributed by atoms with Gasteiger partial charge in [0.15, 0.2) is 11.6 Å². The van der Waals surface area contributed by atoms with Gasteiger partial charge in [0.1, 0.15) is 60.1 Å². The summed E-state index contributed by atoms with van der Waals surface area (Å²) in [5.41, 5.74) is 8.34. The van der Waals surface area contributed by atoms with E-state index in [2.05, 4.69) is 30.7 Å². The summed E-state index contributed by atoms with van der Waals surface area (Å²) in [5, 5.41) is 52.9. The maximum atomic E-state index is 11.7. The predicted octanol–water partition coefficient (Wildman–Crippen LogP) is 8.12. The SMILES string of the molecule is CC/C(O)=C(/C(=N)CCOc1nc2c(c(OC)n1)CN(c1nc(-c3cc(OC[C@H](O)CNC)ccc3Cl)nc(-c3c(C)noc3C)c1C)C2)c1nc(-c2cc(OC[C@H](O)CNC)ccc2Cl)nc(N2Cc3cccnc3C2)c1C. The summed E-state index contributed by atoms with van der Waals surface area (Å²) in [5.74, 6) is 3.53. The molecule has 414 valence electrons. The highest BCUT2D eigenvalue weighted by Crippen LogP contribution is 2.42. The summed E-state index contributed by atoms with van der Waals surface area (Å²) in [6.07, 6.45) is 0.519. The number of rotatable bonds is 23. The van der Waals surface area contributed by atoms with Gasteiger partial charge < -0.3 is 64.6 Å². The first kappa shape index (κ1) is 56.2. The van der Waals surface area contributed by atoms with Crippen molar-refractivity contribution in [1.29, 1.82) is 5.41 Å². The first-order valence-electron chi connectivity index (χ1n) is 25.8. The molecule has 0 spiro atoms. The Morgan fingerprint density at radius 1 is 0.772 bits per heavy atom. The molecule has 2 atom stereocenters. The van der Waals surface area contributed by atoms with Crippen LogP contribution in [0.25, 0.3) is 39.6 Å². The quantitative estimate of drug-likeness (QED) is 0.0261. The zero-order valence-electron chi connectivity index (χ0n) is 45.2. The third-order valence-corrected chi connectivity index (χ3v) is 14.2. The smallest absolute Gasteiger partial charge is 0.320 e. The number of nitrogens with zero attached hydrogens (tertiary/aromatic N) is 10. The van der Waals surface area contributed by atoms with Gasteiger partial charge in [0.2, 0.25) is 5.88 Å². The van der Waals surface area contributed by atoms with Crippen LogP contribution in [0, 0.1) is 33.1 Å². The van der Waals surface area contributed by atoms with Crippen molar-refractivity contribution in [3.63, 3.8) is 0 Å². The molecule has 2 aliphatic heterocycles. The second kappa shape index (κ2) is 24.6. The Labute approximate surface area is 467 Å². The number of hydrogen-bond acceptors (Lipinski definition) is 21. The Bertz CT molecular complexity index is 3390. The Hall–Kier alpha value is -7.53. The van der Waals surface area contributed by atoms with Gasteiger partial charge in [-0.2, -0.15) is 9.97 Å². The van der Waals surface area contributed by atoms with Crippen LogP contribution in [-0.2, 0) is 26.2 Å². The molecule has 2 aromatic carbocycles. The summed E-state index contributed by atoms with van der Waals surface area (Å²) in [4.78, 5) is 38.6. The lowest BCUT2D eigenvalue weighted by atomic mass is 9.97. The highest BCUT2D eigenvalue weighted by Gasteiger charge is 2.33. The van der Waals surface area contributed by atoms with Crippen LogP contribution in [0.5, 0.6) is 23.4 Å². The second-order valence-electron chi connectivity index (χ2n) is 19.2. The monoisotopic (exact) mass is 1120 g/mol. The van der Waals surface area contributed by atoms with E-state index in [4.69, 9.17) is 71.6 Å². The van der Waals surface area contributed by atoms with Gasteiger partial charge in [-0.3, -0.25) is 4.98 Å². The molecule has 23 heteroatoms. The van der Waals surface area contributed by atoms with Crippen LogP contribution in [-0.4, -0.2) is 127 Å². The summed E-state index contributed by atoms with van der Waals surface area (Å²) in [6, 6.07) is 14.3. The number of fused-ring (bicyclic) bond motifs is 2. The Balaban J connectivity index is 0.994. The van der Waals surface area contributed by atoms with Crippen LogP contribution in [0.4, 0.5) is 11.6 Å². The molecule has 6 N–H and O–H groups in total. The van der Waals surface area contributed by atoms with Gasteiger partial charge in [-0.1, -0.05) is 41.3 Å². The van der Waals surface area contributed by atoms with E-state index >= 15 is 0 Å². The zero-order chi connectivity index (χ0) is 56.1. The van der Waals surface area contributed by atoms with Gasteiger partial charge in [-0.15, -0.1) is 0 Å². The molecule has 9 rings (SSSR count). The number of aromatic nitrogens is 8. The zero-order valence-corrected chi connectivity index (χ0v) is 46.8. The molecule has 21 nitrogen and oxygen atoms in total. The number of halogens is 2. The van der Waals surface area contributed by atoms with Crippen LogP contribution in [0.15, 0.2) is 65.0 Å². The van der Waals surface area contributed by atoms with Crippen LogP contribution < -0.4 is 39.4 Å². The lowest BCUT2D eigenvalue weighted by molar-refractivity contribution is 0.108. The molecule has 0 saturated carbocycles. The van der Waals surface area contributed by atoms with Crippen LogP contribution in [0.3, 0.4) is 0 Å². The van der Waals surface area contributed by atoms with Gasteiger partial charge >= 0.3 is 6.01 Å². The van der Waals surface area contributed by atoms with Crippen molar-refractivity contribution >= 4 is 46.1 Å². The first-order chi connectivity index (χ1) is 38.1. The number of allylic oxidation sites excluding steroid dienone is 2. The molecule has 2 aliphatic rings. The van der Waals surface area contributed by atoms with Crippen molar-refractivity contribution in [3.05, 3.63) is 121 Å². The van der Waals surface area contributed by atoms with E-state index in [1.54, 1.807) is 63.6 Å². The van der Waals surface area contributed by atoms with Crippen molar-refractivity contribution in [1.82, 2.24) is 50.7 Å². The fourth-order valence-corrected chi connectivity index (χ4v) is 10.0. The number of benzene rings is 2. The van der Waals surface area contributed by atoms with Crippen LogP contribution in [0.1, 0.15) is 70.6 Å². The molecule has 0 bridgehead atoms. The Morgan fingerprint density at radius 3 is 1.99 bits per heavy atom. The summed E-state index contributed by atoms with van der Waals surface area (Å²) >= 11 is 13.8. The van der Waals surface area contributed by atoms with E-state index < -0.39 is 12.2 Å². The van der Waals surface area contributed by atoms with Gasteiger partial charge in [-0.25, -0.2) is 19.9 Å². The van der Waals surface area contributed by atoms with Crippen molar-refractivity contribution < 1.29 is 38.8 Å². The van der Waals surface area contributed by atoms with Gasteiger partial charge in [-0.05, 0) is 89.8 Å². The number of ether oxygens (including phenoxy) is 4. The maximum absolute atomic E-state index is 11.7. The molecule has 0 saturated heterocycles. The van der Waals surface area contributed by atoms with E-state index in [1.807, 2.05) is 44.7 Å². The topological polar surface area (TPSA) is 268 Å². The third kappa shape index (κ3) is 12.2. The number of aliphatic hydroxyl groups excluding tert-OH is 3. The van der Waals surface area contributed by atoms with Crippen LogP contribution >= 0.6 is 23.2 Å². The highest BCUT2D eigenvalue weighted by atomic mass is 35.5. The van der Waals surface area contributed by atoms with Crippen molar-refractivity contribution in [2.24, 2.45) is 0 Å².